The molecule has 0 atom stereocenters. The highest BCUT2D eigenvalue weighted by Crippen LogP contribution is 2.35. The number of ketones is 1. The van der Waals surface area contributed by atoms with E-state index in [1.165, 1.54) is 53.0 Å². The highest BCUT2D eigenvalue weighted by Gasteiger charge is 2.15. The lowest BCUT2D eigenvalue weighted by Crippen LogP contribution is -2.04. The number of halogens is 1. The van der Waals surface area contributed by atoms with Crippen molar-refractivity contribution >= 4 is 43.3 Å². The molecule has 0 spiro atoms. The van der Waals surface area contributed by atoms with Crippen LogP contribution in [0.15, 0.2) is 70.8 Å². The van der Waals surface area contributed by atoms with Gasteiger partial charge in [0.1, 0.15) is 22.9 Å². The average Bonchev–Trinajstić information content (AvgIpc) is 2.91. The topological polar surface area (TPSA) is 113 Å². The maximum atomic E-state index is 12.9. The fourth-order valence-corrected chi connectivity index (χ4v) is 4.73. The van der Waals surface area contributed by atoms with Gasteiger partial charge in [0.25, 0.3) is 0 Å². The summed E-state index contributed by atoms with van der Waals surface area (Å²) < 4.78 is 47.9. The van der Waals surface area contributed by atoms with Crippen LogP contribution in [0.3, 0.4) is 0 Å². The molecular weight excluding hydrogens is 576 g/mol. The van der Waals surface area contributed by atoms with Crippen molar-refractivity contribution in [3.8, 4) is 23.1 Å². The Balaban J connectivity index is 1.78. The molecule has 3 rings (SSSR count). The third-order valence-corrected chi connectivity index (χ3v) is 7.08. The summed E-state index contributed by atoms with van der Waals surface area (Å²) in [7, 11) is 2.18. The van der Waals surface area contributed by atoms with E-state index < -0.39 is 9.84 Å². The molecule has 1 N–H and O–H groups in total. The van der Waals surface area contributed by atoms with Crippen molar-refractivity contribution in [3.05, 3.63) is 87.5 Å². The van der Waals surface area contributed by atoms with Crippen LogP contribution in [-0.4, -0.2) is 47.6 Å². The zero-order valence-corrected chi connectivity index (χ0v) is 23.6. The van der Waals surface area contributed by atoms with Crippen molar-refractivity contribution in [2.24, 2.45) is 0 Å². The van der Waals surface area contributed by atoms with Gasteiger partial charge in [0.05, 0.1) is 39.8 Å². The van der Waals surface area contributed by atoms with Crippen LogP contribution in [0.1, 0.15) is 21.5 Å². The molecule has 0 saturated carbocycles. The van der Waals surface area contributed by atoms with E-state index in [1.807, 2.05) is 0 Å². The summed E-state index contributed by atoms with van der Waals surface area (Å²) in [5.41, 5.74) is 1.80. The third-order valence-electron chi connectivity index (χ3n) is 5.27. The first-order valence-corrected chi connectivity index (χ1v) is 13.7. The van der Waals surface area contributed by atoms with Gasteiger partial charge in [-0.3, -0.25) is 4.79 Å². The van der Waals surface area contributed by atoms with Gasteiger partial charge in [-0.2, -0.15) is 0 Å². The Morgan fingerprint density at radius 2 is 1.63 bits per heavy atom. The van der Waals surface area contributed by atoms with Crippen LogP contribution in [-0.2, 0) is 15.6 Å². The lowest BCUT2D eigenvalue weighted by molar-refractivity contribution is 0.104. The number of pyridine rings is 1. The van der Waals surface area contributed by atoms with Gasteiger partial charge in [0.2, 0.25) is 5.88 Å². The fourth-order valence-electron chi connectivity index (χ4n) is 3.41. The molecule has 0 aliphatic carbocycles. The number of methoxy groups -OCH3 is 4. The molecule has 0 amide bonds. The number of benzene rings is 2. The number of carbonyl (C=O) groups is 1. The van der Waals surface area contributed by atoms with Crippen LogP contribution in [0.2, 0.25) is 0 Å². The number of aromatic nitrogens is 1. The maximum Gasteiger partial charge on any atom is 0.237 e. The number of rotatable bonds is 12. The molecule has 1 heterocycles. The summed E-state index contributed by atoms with van der Waals surface area (Å²) >= 11 is 3.34. The predicted octanol–water partition coefficient (Wildman–Crippen LogP) is 5.27. The standard InChI is InChI=1S/C27H27BrN2O7S/c1-34-21-14-25(35-2)22(26(15-21)36-3)10-12-38(32,33)17-18-13-23(27(37-4)30-16-18)29-11-9-24(31)19-5-7-20(28)8-6-19/h5-16,29H,17H2,1-4H3/b11-9+,12-10+. The molecule has 0 aliphatic rings. The molecule has 0 aliphatic heterocycles. The van der Waals surface area contributed by atoms with Gasteiger partial charge < -0.3 is 24.3 Å². The van der Waals surface area contributed by atoms with Gasteiger partial charge in [0.15, 0.2) is 15.6 Å². The number of hydrogen-bond acceptors (Lipinski definition) is 9. The maximum absolute atomic E-state index is 12.9. The lowest BCUT2D eigenvalue weighted by atomic mass is 10.1. The highest BCUT2D eigenvalue weighted by atomic mass is 79.9. The Hall–Kier alpha value is -3.83. The van der Waals surface area contributed by atoms with Crippen LogP contribution in [0.25, 0.3) is 6.08 Å². The van der Waals surface area contributed by atoms with Crippen molar-refractivity contribution in [3.63, 3.8) is 0 Å². The second-order valence-corrected chi connectivity index (χ2v) is 10.6. The monoisotopic (exact) mass is 602 g/mol. The van der Waals surface area contributed by atoms with Crippen LogP contribution in [0.4, 0.5) is 5.69 Å². The van der Waals surface area contributed by atoms with E-state index in [0.29, 0.717) is 39.6 Å². The van der Waals surface area contributed by atoms with Crippen molar-refractivity contribution in [2.75, 3.05) is 33.8 Å². The Bertz CT molecular complexity index is 1430. The van der Waals surface area contributed by atoms with E-state index in [2.05, 4.69) is 26.2 Å². The van der Waals surface area contributed by atoms with Gasteiger partial charge in [-0.05, 0) is 42.0 Å². The van der Waals surface area contributed by atoms with Crippen LogP contribution >= 0.6 is 15.9 Å². The van der Waals surface area contributed by atoms with Crippen LogP contribution in [0, 0.1) is 0 Å². The highest BCUT2D eigenvalue weighted by molar-refractivity contribution is 9.10. The average molecular weight is 603 g/mol. The van der Waals surface area contributed by atoms with Crippen molar-refractivity contribution in [1.29, 1.82) is 0 Å². The quantitative estimate of drug-likeness (QED) is 0.219. The lowest BCUT2D eigenvalue weighted by Gasteiger charge is -2.12. The molecule has 200 valence electrons. The first kappa shape index (κ1) is 28.7. The third kappa shape index (κ3) is 7.59. The number of anilines is 1. The smallest absolute Gasteiger partial charge is 0.237 e. The van der Waals surface area contributed by atoms with E-state index in [0.717, 1.165) is 9.88 Å². The number of carbonyl (C=O) groups excluding carboxylic acids is 1. The molecule has 0 bridgehead atoms. The van der Waals surface area contributed by atoms with E-state index in [1.54, 1.807) is 42.5 Å². The minimum absolute atomic E-state index is 0.204. The van der Waals surface area contributed by atoms with Gasteiger partial charge >= 0.3 is 0 Å². The molecule has 0 fully saturated rings. The molecule has 1 aromatic heterocycles. The van der Waals surface area contributed by atoms with Crippen molar-refractivity contribution in [2.45, 2.75) is 5.75 Å². The molecule has 2 aromatic carbocycles. The number of sulfone groups is 1. The largest absolute Gasteiger partial charge is 0.496 e. The molecule has 0 saturated heterocycles. The molecule has 3 aromatic rings. The van der Waals surface area contributed by atoms with Crippen LogP contribution < -0.4 is 24.3 Å². The SMILES string of the molecule is COc1cc(OC)c(/C=C/S(=O)(=O)Cc2cnc(OC)c(N/C=C/C(=O)c3ccc(Br)cc3)c2)c(OC)c1. The number of nitrogens with one attached hydrogen (secondary N) is 1. The van der Waals surface area contributed by atoms with E-state index in [4.69, 9.17) is 18.9 Å². The Morgan fingerprint density at radius 3 is 2.21 bits per heavy atom. The number of ether oxygens (including phenoxy) is 4. The van der Waals surface area contributed by atoms with Gasteiger partial charge in [0, 0.05) is 46.0 Å². The Labute approximate surface area is 230 Å². The second-order valence-electron chi connectivity index (χ2n) is 7.80. The molecular formula is C27H27BrN2O7S. The zero-order valence-electron chi connectivity index (χ0n) is 21.2. The summed E-state index contributed by atoms with van der Waals surface area (Å²) in [4.78, 5) is 16.6. The Kier molecular flexibility index (Phi) is 9.91. The minimum Gasteiger partial charge on any atom is -0.496 e. The Morgan fingerprint density at radius 1 is 0.974 bits per heavy atom. The second kappa shape index (κ2) is 13.1. The van der Waals surface area contributed by atoms with E-state index in [9.17, 15) is 13.2 Å². The summed E-state index contributed by atoms with van der Waals surface area (Å²) in [5.74, 6) is 1.03. The first-order valence-electron chi connectivity index (χ1n) is 11.2. The molecule has 38 heavy (non-hydrogen) atoms. The van der Waals surface area contributed by atoms with E-state index in [-0.39, 0.29) is 17.4 Å². The number of allylic oxidation sites excluding steroid dienone is 1. The fraction of sp³-hybridized carbons (Fsp3) is 0.185. The van der Waals surface area contributed by atoms with Gasteiger partial charge in [-0.25, -0.2) is 13.4 Å². The minimum atomic E-state index is -3.72. The molecule has 11 heteroatoms. The zero-order chi connectivity index (χ0) is 27.7. The summed E-state index contributed by atoms with van der Waals surface area (Å²) in [6.07, 6.45) is 5.65. The number of hydrogen-bond donors (Lipinski definition) is 1. The molecule has 0 unspecified atom stereocenters. The van der Waals surface area contributed by atoms with Crippen LogP contribution in [0.5, 0.6) is 23.1 Å². The summed E-state index contributed by atoms with van der Waals surface area (Å²) in [6, 6.07) is 11.8. The predicted molar refractivity (Wildman–Crippen MR) is 150 cm³/mol. The molecule has 0 radical (unpaired) electrons. The normalized spacial score (nSPS) is 11.5. The van der Waals surface area contributed by atoms with Crippen molar-refractivity contribution < 1.29 is 32.2 Å². The summed E-state index contributed by atoms with van der Waals surface area (Å²) in [5, 5.41) is 4.04. The number of nitrogens with zero attached hydrogens (tertiary/aromatic N) is 1. The molecule has 9 nitrogen and oxygen atoms in total. The van der Waals surface area contributed by atoms with Gasteiger partial charge in [-0.15, -0.1) is 0 Å². The summed E-state index contributed by atoms with van der Waals surface area (Å²) in [6.45, 7) is 0. The van der Waals surface area contributed by atoms with Gasteiger partial charge in [-0.1, -0.05) is 15.9 Å². The van der Waals surface area contributed by atoms with E-state index >= 15 is 0 Å². The first-order chi connectivity index (χ1) is 18.2. The van der Waals surface area contributed by atoms with Crippen molar-refractivity contribution in [1.82, 2.24) is 4.98 Å².